The lowest BCUT2D eigenvalue weighted by atomic mass is 10.0. The fourth-order valence-corrected chi connectivity index (χ4v) is 3.53. The van der Waals surface area contributed by atoms with Crippen LogP contribution in [0.25, 0.3) is 0 Å². The van der Waals surface area contributed by atoms with Gasteiger partial charge in [0.05, 0.1) is 0 Å². The number of hydrogen-bond donors (Lipinski definition) is 0. The molecule has 1 heterocycles. The highest BCUT2D eigenvalue weighted by atomic mass is 79.9. The summed E-state index contributed by atoms with van der Waals surface area (Å²) in [6, 6.07) is 4.27. The van der Waals surface area contributed by atoms with Crippen LogP contribution in [0.3, 0.4) is 0 Å². The zero-order valence-corrected chi connectivity index (χ0v) is 16.7. The SMILES string of the molecule is CCCCCCCCCCCCCCCCc1ccnc(Br)c1. The van der Waals surface area contributed by atoms with Gasteiger partial charge in [-0.1, -0.05) is 90.4 Å². The smallest absolute Gasteiger partial charge is 0.106 e. The van der Waals surface area contributed by atoms with Gasteiger partial charge in [0.2, 0.25) is 0 Å². The topological polar surface area (TPSA) is 12.9 Å². The van der Waals surface area contributed by atoms with Crippen molar-refractivity contribution in [2.75, 3.05) is 0 Å². The molecule has 132 valence electrons. The highest BCUT2D eigenvalue weighted by molar-refractivity contribution is 9.10. The van der Waals surface area contributed by atoms with Crippen LogP contribution >= 0.6 is 15.9 Å². The summed E-state index contributed by atoms with van der Waals surface area (Å²) in [6.45, 7) is 2.29. The predicted molar refractivity (Wildman–Crippen MR) is 106 cm³/mol. The molecule has 23 heavy (non-hydrogen) atoms. The van der Waals surface area contributed by atoms with Crippen LogP contribution in [0, 0.1) is 0 Å². The van der Waals surface area contributed by atoms with Gasteiger partial charge in [-0.2, -0.15) is 0 Å². The Bertz CT molecular complexity index is 378. The molecule has 2 heteroatoms. The molecular weight excluding hydrogens is 346 g/mol. The van der Waals surface area contributed by atoms with Crippen molar-refractivity contribution in [1.29, 1.82) is 0 Å². The van der Waals surface area contributed by atoms with E-state index in [0.29, 0.717) is 0 Å². The first-order valence-corrected chi connectivity index (χ1v) is 10.7. The van der Waals surface area contributed by atoms with Crippen molar-refractivity contribution in [3.63, 3.8) is 0 Å². The maximum atomic E-state index is 4.17. The lowest BCUT2D eigenvalue weighted by Gasteiger charge is -2.04. The number of nitrogens with zero attached hydrogens (tertiary/aromatic N) is 1. The van der Waals surface area contributed by atoms with Crippen LogP contribution in [-0.4, -0.2) is 4.98 Å². The summed E-state index contributed by atoms with van der Waals surface area (Å²) < 4.78 is 0.959. The Morgan fingerprint density at radius 2 is 1.22 bits per heavy atom. The van der Waals surface area contributed by atoms with Crippen molar-refractivity contribution in [2.45, 2.75) is 103 Å². The Kier molecular flexibility index (Phi) is 13.6. The molecule has 0 spiro atoms. The molecule has 0 amide bonds. The van der Waals surface area contributed by atoms with E-state index in [-0.39, 0.29) is 0 Å². The molecule has 1 aromatic heterocycles. The molecule has 0 aliphatic rings. The molecule has 0 aliphatic heterocycles. The second-order valence-corrected chi connectivity index (χ2v) is 7.65. The number of aryl methyl sites for hydroxylation is 1. The van der Waals surface area contributed by atoms with Gasteiger partial charge < -0.3 is 0 Å². The van der Waals surface area contributed by atoms with Crippen molar-refractivity contribution in [1.82, 2.24) is 4.98 Å². The van der Waals surface area contributed by atoms with E-state index in [0.717, 1.165) is 4.60 Å². The largest absolute Gasteiger partial charge is 0.249 e. The number of pyridine rings is 1. The van der Waals surface area contributed by atoms with E-state index >= 15 is 0 Å². The minimum atomic E-state index is 0.959. The number of halogens is 1. The molecule has 0 aliphatic carbocycles. The van der Waals surface area contributed by atoms with Crippen LogP contribution in [-0.2, 0) is 6.42 Å². The van der Waals surface area contributed by atoms with Crippen LogP contribution in [0.15, 0.2) is 22.9 Å². The molecule has 0 saturated heterocycles. The molecule has 0 saturated carbocycles. The van der Waals surface area contributed by atoms with Gasteiger partial charge in [-0.05, 0) is 46.5 Å². The number of rotatable bonds is 15. The normalized spacial score (nSPS) is 11.0. The Hall–Kier alpha value is -0.370. The summed E-state index contributed by atoms with van der Waals surface area (Å²) in [4.78, 5) is 4.17. The number of unbranched alkanes of at least 4 members (excludes halogenated alkanes) is 13. The third-order valence-corrected chi connectivity index (χ3v) is 5.04. The monoisotopic (exact) mass is 381 g/mol. The second-order valence-electron chi connectivity index (χ2n) is 6.83. The quantitative estimate of drug-likeness (QED) is 0.222. The molecule has 0 fully saturated rings. The summed E-state index contributed by atoms with van der Waals surface area (Å²) >= 11 is 3.44. The predicted octanol–water partition coefficient (Wildman–Crippen LogP) is 7.87. The van der Waals surface area contributed by atoms with E-state index in [1.807, 2.05) is 6.20 Å². The van der Waals surface area contributed by atoms with Crippen molar-refractivity contribution < 1.29 is 0 Å². The van der Waals surface area contributed by atoms with Crippen LogP contribution in [0.1, 0.15) is 102 Å². The van der Waals surface area contributed by atoms with Crippen LogP contribution < -0.4 is 0 Å². The number of hydrogen-bond acceptors (Lipinski definition) is 1. The van der Waals surface area contributed by atoms with Gasteiger partial charge in [0.15, 0.2) is 0 Å². The number of aromatic nitrogens is 1. The maximum Gasteiger partial charge on any atom is 0.106 e. The minimum absolute atomic E-state index is 0.959. The van der Waals surface area contributed by atoms with Gasteiger partial charge in [-0.25, -0.2) is 4.98 Å². The second kappa shape index (κ2) is 15.2. The lowest BCUT2D eigenvalue weighted by Crippen LogP contribution is -1.88. The van der Waals surface area contributed by atoms with E-state index in [9.17, 15) is 0 Å². The van der Waals surface area contributed by atoms with Gasteiger partial charge in [-0.15, -0.1) is 0 Å². The average molecular weight is 382 g/mol. The molecule has 0 atom stereocenters. The fraction of sp³-hybridized carbons (Fsp3) is 0.762. The van der Waals surface area contributed by atoms with Crippen molar-refractivity contribution in [3.8, 4) is 0 Å². The Morgan fingerprint density at radius 1 is 0.739 bits per heavy atom. The van der Waals surface area contributed by atoms with E-state index in [2.05, 4.69) is 40.0 Å². The molecule has 1 nitrogen and oxygen atoms in total. The van der Waals surface area contributed by atoms with Crippen molar-refractivity contribution >= 4 is 15.9 Å². The molecule has 1 aromatic rings. The Balaban J connectivity index is 1.78. The van der Waals surface area contributed by atoms with Crippen molar-refractivity contribution in [2.24, 2.45) is 0 Å². The maximum absolute atomic E-state index is 4.17. The third-order valence-electron chi connectivity index (χ3n) is 4.61. The lowest BCUT2D eigenvalue weighted by molar-refractivity contribution is 0.535. The van der Waals surface area contributed by atoms with Gasteiger partial charge in [0, 0.05) is 6.20 Å². The zero-order valence-electron chi connectivity index (χ0n) is 15.2. The molecule has 1 rings (SSSR count). The Labute approximate surface area is 152 Å². The first-order valence-electron chi connectivity index (χ1n) is 9.93. The third kappa shape index (κ3) is 12.7. The molecule has 0 N–H and O–H groups in total. The highest BCUT2D eigenvalue weighted by Gasteiger charge is 1.96. The van der Waals surface area contributed by atoms with E-state index in [4.69, 9.17) is 0 Å². The summed E-state index contributed by atoms with van der Waals surface area (Å²) in [7, 11) is 0. The van der Waals surface area contributed by atoms with Crippen molar-refractivity contribution in [3.05, 3.63) is 28.5 Å². The van der Waals surface area contributed by atoms with Gasteiger partial charge in [0.1, 0.15) is 4.60 Å². The van der Waals surface area contributed by atoms with Crippen LogP contribution in [0.5, 0.6) is 0 Å². The van der Waals surface area contributed by atoms with Gasteiger partial charge in [0.25, 0.3) is 0 Å². The minimum Gasteiger partial charge on any atom is -0.249 e. The first kappa shape index (κ1) is 20.7. The van der Waals surface area contributed by atoms with Crippen LogP contribution in [0.2, 0.25) is 0 Å². The fourth-order valence-electron chi connectivity index (χ4n) is 3.12. The first-order chi connectivity index (χ1) is 11.3. The molecule has 0 unspecified atom stereocenters. The highest BCUT2D eigenvalue weighted by Crippen LogP contribution is 2.15. The Morgan fingerprint density at radius 3 is 1.70 bits per heavy atom. The van der Waals surface area contributed by atoms with Gasteiger partial charge in [-0.3, -0.25) is 0 Å². The summed E-state index contributed by atoms with van der Waals surface area (Å²) in [5.41, 5.74) is 1.41. The molecule has 0 aromatic carbocycles. The zero-order chi connectivity index (χ0) is 16.6. The summed E-state index contributed by atoms with van der Waals surface area (Å²) in [5, 5.41) is 0. The van der Waals surface area contributed by atoms with E-state index in [1.165, 1.54) is 102 Å². The van der Waals surface area contributed by atoms with Crippen LogP contribution in [0.4, 0.5) is 0 Å². The average Bonchev–Trinajstić information content (AvgIpc) is 2.55. The summed E-state index contributed by atoms with van der Waals surface area (Å²) in [6.07, 6.45) is 23.0. The van der Waals surface area contributed by atoms with E-state index < -0.39 is 0 Å². The molecule has 0 bridgehead atoms. The van der Waals surface area contributed by atoms with E-state index in [1.54, 1.807) is 0 Å². The summed E-state index contributed by atoms with van der Waals surface area (Å²) in [5.74, 6) is 0. The molecular formula is C21H36BrN. The standard InChI is InChI=1S/C21H36BrN/c1-2-3-4-5-6-7-8-9-10-11-12-13-14-15-16-20-17-18-23-21(22)19-20/h17-19H,2-16H2,1H3. The molecule has 0 radical (unpaired) electrons. The van der Waals surface area contributed by atoms with Gasteiger partial charge >= 0.3 is 0 Å².